The van der Waals surface area contributed by atoms with E-state index in [1.54, 1.807) is 18.2 Å². The molecule has 0 aromatic heterocycles. The van der Waals surface area contributed by atoms with Crippen molar-refractivity contribution in [3.05, 3.63) is 23.8 Å². The molecule has 1 N–H and O–H groups in total. The van der Waals surface area contributed by atoms with Gasteiger partial charge in [-0.05, 0) is 37.7 Å². The lowest BCUT2D eigenvalue weighted by atomic mass is 10.1. The number of rotatable bonds is 7. The van der Waals surface area contributed by atoms with Crippen molar-refractivity contribution in [3.8, 4) is 23.7 Å². The van der Waals surface area contributed by atoms with Gasteiger partial charge in [0, 0.05) is 12.0 Å². The first-order valence-corrected chi connectivity index (χ1v) is 6.79. The highest BCUT2D eigenvalue weighted by Crippen LogP contribution is 2.06. The Morgan fingerprint density at radius 2 is 1.89 bits per heavy atom. The van der Waals surface area contributed by atoms with Crippen LogP contribution in [0.5, 0.6) is 0 Å². The van der Waals surface area contributed by atoms with Gasteiger partial charge in [0.25, 0.3) is 0 Å². The van der Waals surface area contributed by atoms with E-state index < -0.39 is 0 Å². The molecule has 0 radical (unpaired) electrons. The van der Waals surface area contributed by atoms with Crippen molar-refractivity contribution >= 4 is 11.6 Å². The van der Waals surface area contributed by atoms with Crippen molar-refractivity contribution in [3.63, 3.8) is 0 Å². The van der Waals surface area contributed by atoms with Crippen LogP contribution in [0.4, 0.5) is 0 Å². The van der Waals surface area contributed by atoms with Crippen molar-refractivity contribution in [2.75, 3.05) is 0 Å². The fourth-order valence-electron chi connectivity index (χ4n) is 1.34. The third-order valence-electron chi connectivity index (χ3n) is 2.26. The van der Waals surface area contributed by atoms with Gasteiger partial charge < -0.3 is 5.11 Å². The summed E-state index contributed by atoms with van der Waals surface area (Å²) in [6.07, 6.45) is 11.4. The Labute approximate surface area is 116 Å². The van der Waals surface area contributed by atoms with Crippen LogP contribution >= 0.6 is 11.6 Å². The summed E-state index contributed by atoms with van der Waals surface area (Å²) < 4.78 is 0. The highest BCUT2D eigenvalue weighted by atomic mass is 35.5. The van der Waals surface area contributed by atoms with Gasteiger partial charge in [0.15, 0.2) is 0 Å². The summed E-state index contributed by atoms with van der Waals surface area (Å²) in [7, 11) is 0. The zero-order valence-corrected chi connectivity index (χ0v) is 11.7. The molecule has 0 saturated heterocycles. The van der Waals surface area contributed by atoms with E-state index in [1.165, 1.54) is 18.4 Å². The summed E-state index contributed by atoms with van der Waals surface area (Å²) in [6, 6.07) is 0. The molecule has 0 amide bonds. The fraction of sp³-hybridized carbons (Fsp3) is 0.500. The van der Waals surface area contributed by atoms with Crippen molar-refractivity contribution in [1.82, 2.24) is 0 Å². The third-order valence-corrected chi connectivity index (χ3v) is 2.41. The molecule has 0 aliphatic rings. The Hall–Kier alpha value is -1.15. The van der Waals surface area contributed by atoms with Crippen molar-refractivity contribution < 1.29 is 5.11 Å². The van der Waals surface area contributed by atoms with Crippen LogP contribution in [0.2, 0.25) is 0 Å². The van der Waals surface area contributed by atoms with Crippen molar-refractivity contribution in [1.29, 1.82) is 0 Å². The molecule has 0 spiro atoms. The minimum atomic E-state index is -0.165. The van der Waals surface area contributed by atoms with Crippen molar-refractivity contribution in [2.45, 2.75) is 51.6 Å². The molecule has 0 aliphatic carbocycles. The maximum absolute atomic E-state index is 9.07. The summed E-state index contributed by atoms with van der Waals surface area (Å²) in [6.45, 7) is 1.83. The smallest absolute Gasteiger partial charge is 0.0512 e. The fourth-order valence-corrected chi connectivity index (χ4v) is 1.42. The average Bonchev–Trinajstić information content (AvgIpc) is 2.34. The molecule has 1 nitrogen and oxygen atoms in total. The van der Waals surface area contributed by atoms with E-state index in [0.717, 1.165) is 25.7 Å². The molecule has 0 heterocycles. The van der Waals surface area contributed by atoms with Gasteiger partial charge in [-0.25, -0.2) is 0 Å². The van der Waals surface area contributed by atoms with Crippen LogP contribution in [0.15, 0.2) is 23.8 Å². The van der Waals surface area contributed by atoms with Gasteiger partial charge in [-0.2, -0.15) is 0 Å². The van der Waals surface area contributed by atoms with Gasteiger partial charge in [0.2, 0.25) is 0 Å². The Kier molecular flexibility index (Phi) is 13.0. The highest BCUT2D eigenvalue weighted by Gasteiger charge is 1.94. The number of hydrogen-bond donors (Lipinski definition) is 1. The van der Waals surface area contributed by atoms with Gasteiger partial charge in [0.1, 0.15) is 0 Å². The lowest BCUT2D eigenvalue weighted by Gasteiger charge is -2.02. The van der Waals surface area contributed by atoms with Gasteiger partial charge in [0.05, 0.1) is 6.10 Å². The minimum Gasteiger partial charge on any atom is -0.393 e. The second kappa shape index (κ2) is 13.9. The van der Waals surface area contributed by atoms with E-state index in [-0.39, 0.29) is 6.10 Å². The first-order valence-electron chi connectivity index (χ1n) is 6.35. The van der Waals surface area contributed by atoms with Gasteiger partial charge in [-0.15, -0.1) is 0 Å². The Morgan fingerprint density at radius 1 is 1.11 bits per heavy atom. The Bertz CT molecular complexity index is 358. The zero-order valence-electron chi connectivity index (χ0n) is 11.0. The largest absolute Gasteiger partial charge is 0.393 e. The molecule has 98 valence electrons. The number of unbranched alkanes of at least 4 members (excludes halogenated alkanes) is 4. The molecule has 2 heteroatoms. The standard InChI is InChI=1S/C16H21ClO/c1-16(18)14-12-10-8-6-4-2-3-5-7-9-11-13-15-17/h9,11,13,15-16,18H,4,6,8,10,12,14H2,1H3. The molecule has 1 atom stereocenters. The topological polar surface area (TPSA) is 20.2 Å². The van der Waals surface area contributed by atoms with Gasteiger partial charge in [-0.3, -0.25) is 0 Å². The van der Waals surface area contributed by atoms with E-state index >= 15 is 0 Å². The van der Waals surface area contributed by atoms with Crippen LogP contribution in [0.25, 0.3) is 0 Å². The first-order chi connectivity index (χ1) is 8.77. The van der Waals surface area contributed by atoms with Crippen LogP contribution in [-0.4, -0.2) is 11.2 Å². The number of allylic oxidation sites excluding steroid dienone is 3. The second-order valence-electron chi connectivity index (χ2n) is 4.05. The highest BCUT2D eigenvalue weighted by molar-refractivity contribution is 6.25. The molecule has 0 bridgehead atoms. The average molecular weight is 265 g/mol. The summed E-state index contributed by atoms with van der Waals surface area (Å²) in [5.74, 6) is 11.4. The summed E-state index contributed by atoms with van der Waals surface area (Å²) in [5, 5.41) is 9.07. The third kappa shape index (κ3) is 14.8. The van der Waals surface area contributed by atoms with Crippen LogP contribution in [0, 0.1) is 23.7 Å². The lowest BCUT2D eigenvalue weighted by molar-refractivity contribution is 0.180. The molecule has 0 saturated carbocycles. The van der Waals surface area contributed by atoms with E-state index in [4.69, 9.17) is 16.7 Å². The second-order valence-corrected chi connectivity index (χ2v) is 4.30. The molecule has 0 rings (SSSR count). The van der Waals surface area contributed by atoms with E-state index in [0.29, 0.717) is 0 Å². The maximum Gasteiger partial charge on any atom is 0.0512 e. The molecule has 1 unspecified atom stereocenters. The minimum absolute atomic E-state index is 0.165. The molecule has 0 fully saturated rings. The molecule has 18 heavy (non-hydrogen) atoms. The molecule has 0 aromatic rings. The van der Waals surface area contributed by atoms with Crippen molar-refractivity contribution in [2.24, 2.45) is 0 Å². The predicted octanol–water partition coefficient (Wildman–Crippen LogP) is 4.02. The van der Waals surface area contributed by atoms with Crippen LogP contribution in [0.1, 0.15) is 45.4 Å². The SMILES string of the molecule is CC(O)CCCCCCC#CC#CC=CC=CCl. The number of halogens is 1. The Balaban J connectivity index is 3.44. The summed E-state index contributed by atoms with van der Waals surface area (Å²) in [5.41, 5.74) is 1.43. The first kappa shape index (κ1) is 16.9. The summed E-state index contributed by atoms with van der Waals surface area (Å²) in [4.78, 5) is 0. The Morgan fingerprint density at radius 3 is 2.61 bits per heavy atom. The lowest BCUT2D eigenvalue weighted by Crippen LogP contribution is -1.98. The quantitative estimate of drug-likeness (QED) is 0.418. The monoisotopic (exact) mass is 264 g/mol. The molecule has 0 aliphatic heterocycles. The van der Waals surface area contributed by atoms with E-state index in [1.807, 2.05) is 6.92 Å². The van der Waals surface area contributed by atoms with E-state index in [2.05, 4.69) is 23.7 Å². The molecule has 0 aromatic carbocycles. The molecular formula is C16H21ClO. The number of aliphatic hydroxyl groups is 1. The summed E-state index contributed by atoms with van der Waals surface area (Å²) >= 11 is 5.33. The zero-order chi connectivity index (χ0) is 13.5. The van der Waals surface area contributed by atoms with Crippen LogP contribution < -0.4 is 0 Å². The van der Waals surface area contributed by atoms with Crippen LogP contribution in [0.3, 0.4) is 0 Å². The normalized spacial score (nSPS) is 11.9. The van der Waals surface area contributed by atoms with Crippen LogP contribution in [-0.2, 0) is 0 Å². The number of hydrogen-bond acceptors (Lipinski definition) is 1. The molecular weight excluding hydrogens is 244 g/mol. The number of aliphatic hydroxyl groups excluding tert-OH is 1. The van der Waals surface area contributed by atoms with E-state index in [9.17, 15) is 0 Å². The predicted molar refractivity (Wildman–Crippen MR) is 79.1 cm³/mol. The maximum atomic E-state index is 9.07. The van der Waals surface area contributed by atoms with Gasteiger partial charge in [-0.1, -0.05) is 54.9 Å². The van der Waals surface area contributed by atoms with Gasteiger partial charge >= 0.3 is 0 Å².